The maximum Gasteiger partial charge on any atom is 0.227 e. The van der Waals surface area contributed by atoms with Crippen LogP contribution in [0.5, 0.6) is 11.5 Å². The maximum absolute atomic E-state index is 6.64. The van der Waals surface area contributed by atoms with E-state index in [9.17, 15) is 0 Å². The van der Waals surface area contributed by atoms with E-state index in [1.165, 1.54) is 11.8 Å². The molecule has 6 nitrogen and oxygen atoms in total. The molecule has 3 aromatic carbocycles. The quantitative estimate of drug-likeness (QED) is 0.295. The zero-order valence-electron chi connectivity index (χ0n) is 18.8. The normalized spacial score (nSPS) is 18.2. The lowest BCUT2D eigenvalue weighted by Crippen LogP contribution is -2.32. The van der Waals surface area contributed by atoms with E-state index in [-0.39, 0.29) is 12.1 Å². The molecular weight excluding hydrogens is 503 g/mol. The molecule has 9 heteroatoms. The molecule has 0 saturated heterocycles. The number of nitrogens with one attached hydrogen (secondary N) is 1. The number of aromatic nitrogens is 3. The minimum absolute atomic E-state index is 0.270. The third-order valence-corrected chi connectivity index (χ3v) is 7.23. The Morgan fingerprint density at radius 2 is 1.69 bits per heavy atom. The van der Waals surface area contributed by atoms with Crippen molar-refractivity contribution in [2.24, 2.45) is 0 Å². The predicted molar refractivity (Wildman–Crippen MR) is 140 cm³/mol. The average Bonchev–Trinajstić information content (AvgIpc) is 3.31. The fourth-order valence-corrected chi connectivity index (χ4v) is 5.23. The van der Waals surface area contributed by atoms with Gasteiger partial charge in [-0.2, -0.15) is 4.98 Å². The standard InChI is InChI=1S/C26H20Cl2N4O2S/c1-33-18-10-5-14(6-11-18)23-21-22(29-25-30-26(35-2)31-32(23)25)19-13-17(28)9-12-20(19)34-24(21)15-3-7-16(27)8-4-15/h3-13,23-24H,1-2H3,(H,29,30,31)/t23-,24+/m1/s1. The van der Waals surface area contributed by atoms with E-state index in [0.717, 1.165) is 39.5 Å². The Balaban J connectivity index is 1.62. The number of benzene rings is 3. The second-order valence-electron chi connectivity index (χ2n) is 8.19. The summed E-state index contributed by atoms with van der Waals surface area (Å²) in [6.45, 7) is 0. The van der Waals surface area contributed by atoms with Gasteiger partial charge < -0.3 is 14.8 Å². The lowest BCUT2D eigenvalue weighted by atomic mass is 9.84. The number of rotatable bonds is 4. The minimum Gasteiger partial charge on any atom is -0.497 e. The number of nitrogens with zero attached hydrogens (tertiary/aromatic N) is 3. The molecule has 0 radical (unpaired) electrons. The van der Waals surface area contributed by atoms with Gasteiger partial charge >= 0.3 is 0 Å². The van der Waals surface area contributed by atoms with E-state index < -0.39 is 0 Å². The molecule has 3 heterocycles. The Labute approximate surface area is 216 Å². The smallest absolute Gasteiger partial charge is 0.227 e. The van der Waals surface area contributed by atoms with E-state index in [0.29, 0.717) is 21.2 Å². The maximum atomic E-state index is 6.64. The summed E-state index contributed by atoms with van der Waals surface area (Å²) in [5.74, 6) is 2.19. The van der Waals surface area contributed by atoms with E-state index in [2.05, 4.69) is 17.4 Å². The van der Waals surface area contributed by atoms with Gasteiger partial charge in [0.05, 0.1) is 12.8 Å². The number of methoxy groups -OCH3 is 1. The monoisotopic (exact) mass is 522 g/mol. The van der Waals surface area contributed by atoms with Crippen LogP contribution in [0.2, 0.25) is 10.0 Å². The summed E-state index contributed by atoms with van der Waals surface area (Å²) in [5.41, 5.74) is 4.83. The van der Waals surface area contributed by atoms with Gasteiger partial charge in [-0.1, -0.05) is 59.2 Å². The Kier molecular flexibility index (Phi) is 5.63. The van der Waals surface area contributed by atoms with Gasteiger partial charge in [-0.15, -0.1) is 5.10 Å². The predicted octanol–water partition coefficient (Wildman–Crippen LogP) is 6.88. The molecule has 0 aliphatic carbocycles. The van der Waals surface area contributed by atoms with Crippen molar-refractivity contribution in [3.63, 3.8) is 0 Å². The van der Waals surface area contributed by atoms with Crippen LogP contribution in [-0.2, 0) is 0 Å². The van der Waals surface area contributed by atoms with Gasteiger partial charge in [0.15, 0.2) is 0 Å². The van der Waals surface area contributed by atoms with Gasteiger partial charge in [0.2, 0.25) is 11.1 Å². The second kappa shape index (κ2) is 8.82. The molecule has 1 aromatic heterocycles. The van der Waals surface area contributed by atoms with E-state index in [1.54, 1.807) is 7.11 Å². The summed E-state index contributed by atoms with van der Waals surface area (Å²) < 4.78 is 14.0. The van der Waals surface area contributed by atoms with Gasteiger partial charge in [-0.05, 0) is 59.8 Å². The molecule has 0 unspecified atom stereocenters. The number of hydrogen-bond donors (Lipinski definition) is 1. The molecule has 2 aliphatic heterocycles. The molecule has 2 aliphatic rings. The first-order chi connectivity index (χ1) is 17.1. The molecule has 0 spiro atoms. The van der Waals surface area contributed by atoms with E-state index in [1.807, 2.05) is 65.5 Å². The number of ether oxygens (including phenoxy) is 2. The van der Waals surface area contributed by atoms with E-state index >= 15 is 0 Å². The molecule has 0 fully saturated rings. The van der Waals surface area contributed by atoms with Crippen LogP contribution in [0, 0.1) is 0 Å². The van der Waals surface area contributed by atoms with Gasteiger partial charge in [0, 0.05) is 21.2 Å². The number of thioether (sulfide) groups is 1. The van der Waals surface area contributed by atoms with Crippen LogP contribution in [0.4, 0.5) is 5.95 Å². The first kappa shape index (κ1) is 22.3. The molecule has 35 heavy (non-hydrogen) atoms. The van der Waals surface area contributed by atoms with Crippen molar-refractivity contribution in [1.82, 2.24) is 14.8 Å². The topological polar surface area (TPSA) is 61.2 Å². The van der Waals surface area contributed by atoms with Crippen LogP contribution in [-0.4, -0.2) is 28.1 Å². The lowest BCUT2D eigenvalue weighted by molar-refractivity contribution is 0.223. The molecule has 6 rings (SSSR count). The zero-order valence-corrected chi connectivity index (χ0v) is 21.2. The van der Waals surface area contributed by atoms with Crippen LogP contribution < -0.4 is 14.8 Å². The van der Waals surface area contributed by atoms with Crippen molar-refractivity contribution in [2.45, 2.75) is 17.3 Å². The van der Waals surface area contributed by atoms with Gasteiger partial charge in [0.25, 0.3) is 0 Å². The first-order valence-corrected chi connectivity index (χ1v) is 12.9. The molecule has 176 valence electrons. The summed E-state index contributed by atoms with van der Waals surface area (Å²) in [5, 5.41) is 10.3. The van der Waals surface area contributed by atoms with Gasteiger partial charge in [0.1, 0.15) is 23.6 Å². The second-order valence-corrected chi connectivity index (χ2v) is 9.83. The zero-order chi connectivity index (χ0) is 24.1. The molecule has 0 amide bonds. The minimum atomic E-state index is -0.384. The Hall–Kier alpha value is -3.13. The molecule has 0 bridgehead atoms. The van der Waals surface area contributed by atoms with Crippen molar-refractivity contribution in [2.75, 3.05) is 18.7 Å². The molecule has 1 N–H and O–H groups in total. The summed E-state index contributed by atoms with van der Waals surface area (Å²) in [7, 11) is 1.66. The lowest BCUT2D eigenvalue weighted by Gasteiger charge is -2.39. The van der Waals surface area contributed by atoms with Crippen LogP contribution >= 0.6 is 35.0 Å². The third-order valence-electron chi connectivity index (χ3n) is 6.20. The van der Waals surface area contributed by atoms with E-state index in [4.69, 9.17) is 42.8 Å². The highest BCUT2D eigenvalue weighted by atomic mass is 35.5. The van der Waals surface area contributed by atoms with Crippen LogP contribution in [0.15, 0.2) is 77.5 Å². The summed E-state index contributed by atoms with van der Waals surface area (Å²) in [4.78, 5) is 4.73. The number of anilines is 1. The number of hydrogen-bond acceptors (Lipinski definition) is 6. The van der Waals surface area contributed by atoms with Crippen molar-refractivity contribution >= 4 is 46.6 Å². The highest BCUT2D eigenvalue weighted by Crippen LogP contribution is 2.51. The first-order valence-electron chi connectivity index (χ1n) is 10.9. The van der Waals surface area contributed by atoms with Crippen molar-refractivity contribution in [3.8, 4) is 11.5 Å². The molecular formula is C26H20Cl2N4O2S. The Morgan fingerprint density at radius 3 is 2.40 bits per heavy atom. The highest BCUT2D eigenvalue weighted by Gasteiger charge is 2.41. The molecule has 2 atom stereocenters. The highest BCUT2D eigenvalue weighted by molar-refractivity contribution is 7.98. The fourth-order valence-electron chi connectivity index (χ4n) is 4.59. The molecule has 0 saturated carbocycles. The van der Waals surface area contributed by atoms with Crippen LogP contribution in [0.1, 0.15) is 28.8 Å². The van der Waals surface area contributed by atoms with Gasteiger partial charge in [-0.25, -0.2) is 4.68 Å². The summed E-state index contributed by atoms with van der Waals surface area (Å²) in [6.07, 6.45) is 1.58. The Morgan fingerprint density at radius 1 is 0.971 bits per heavy atom. The summed E-state index contributed by atoms with van der Waals surface area (Å²) >= 11 is 14.1. The number of halogens is 2. The van der Waals surface area contributed by atoms with Crippen molar-refractivity contribution in [1.29, 1.82) is 0 Å². The van der Waals surface area contributed by atoms with Gasteiger partial charge in [-0.3, -0.25) is 0 Å². The van der Waals surface area contributed by atoms with Crippen molar-refractivity contribution < 1.29 is 9.47 Å². The largest absolute Gasteiger partial charge is 0.497 e. The van der Waals surface area contributed by atoms with Crippen LogP contribution in [0.25, 0.3) is 5.70 Å². The van der Waals surface area contributed by atoms with Crippen LogP contribution in [0.3, 0.4) is 0 Å². The van der Waals surface area contributed by atoms with Crippen molar-refractivity contribution in [3.05, 3.63) is 99.0 Å². The number of fused-ring (bicyclic) bond motifs is 3. The Bertz CT molecular complexity index is 1450. The fraction of sp³-hybridized carbons (Fsp3) is 0.154. The SMILES string of the molecule is COc1ccc([C@@H]2C3=C(Nc4nc(SC)nn42)c2cc(Cl)ccc2O[C@H]3c2ccc(Cl)cc2)cc1. The summed E-state index contributed by atoms with van der Waals surface area (Å²) in [6, 6.07) is 21.1. The molecule has 4 aromatic rings. The third kappa shape index (κ3) is 3.84. The average molecular weight is 523 g/mol.